The van der Waals surface area contributed by atoms with E-state index in [1.807, 2.05) is 38.1 Å². The molecular formula is C17H25N3O3. The summed E-state index contributed by atoms with van der Waals surface area (Å²) in [6.45, 7) is 6.39. The monoisotopic (exact) mass is 319 g/mol. The molecule has 1 atom stereocenters. The van der Waals surface area contributed by atoms with E-state index in [1.54, 1.807) is 16.8 Å². The summed E-state index contributed by atoms with van der Waals surface area (Å²) in [5.41, 5.74) is 1.91. The number of ether oxygens (including phenoxy) is 1. The minimum atomic E-state index is -0.336. The molecule has 0 radical (unpaired) electrons. The van der Waals surface area contributed by atoms with E-state index in [1.165, 1.54) is 0 Å². The van der Waals surface area contributed by atoms with Gasteiger partial charge in [-0.15, -0.1) is 0 Å². The van der Waals surface area contributed by atoms with Gasteiger partial charge in [-0.1, -0.05) is 17.7 Å². The van der Waals surface area contributed by atoms with Gasteiger partial charge in [0, 0.05) is 18.8 Å². The van der Waals surface area contributed by atoms with Crippen molar-refractivity contribution < 1.29 is 14.3 Å². The molecule has 0 saturated carbocycles. The van der Waals surface area contributed by atoms with Gasteiger partial charge in [0.05, 0.1) is 25.8 Å². The third-order valence-corrected chi connectivity index (χ3v) is 4.07. The summed E-state index contributed by atoms with van der Waals surface area (Å²) in [5.74, 6) is -0.0862. The number of amides is 2. The molecule has 6 heteroatoms. The van der Waals surface area contributed by atoms with Crippen molar-refractivity contribution in [2.45, 2.75) is 19.9 Å². The van der Waals surface area contributed by atoms with Gasteiger partial charge in [-0.25, -0.2) is 0 Å². The van der Waals surface area contributed by atoms with Gasteiger partial charge in [0.2, 0.25) is 11.8 Å². The fourth-order valence-electron chi connectivity index (χ4n) is 2.44. The minimum Gasteiger partial charge on any atom is -0.378 e. The Labute approximate surface area is 137 Å². The third kappa shape index (κ3) is 5.04. The maximum atomic E-state index is 12.4. The van der Waals surface area contributed by atoms with E-state index >= 15 is 0 Å². The third-order valence-electron chi connectivity index (χ3n) is 4.07. The van der Waals surface area contributed by atoms with Gasteiger partial charge < -0.3 is 15.0 Å². The van der Waals surface area contributed by atoms with Crippen molar-refractivity contribution in [2.24, 2.45) is 0 Å². The van der Waals surface area contributed by atoms with Crippen molar-refractivity contribution in [2.75, 3.05) is 45.2 Å². The number of carbonyl (C=O) groups excluding carboxylic acids is 2. The van der Waals surface area contributed by atoms with E-state index in [2.05, 4.69) is 5.32 Å². The summed E-state index contributed by atoms with van der Waals surface area (Å²) >= 11 is 0. The number of carbonyl (C=O) groups is 2. The van der Waals surface area contributed by atoms with Crippen molar-refractivity contribution in [3.05, 3.63) is 29.8 Å². The fourth-order valence-corrected chi connectivity index (χ4v) is 2.44. The highest BCUT2D eigenvalue weighted by molar-refractivity contribution is 5.92. The molecule has 0 spiro atoms. The Morgan fingerprint density at radius 3 is 2.48 bits per heavy atom. The average Bonchev–Trinajstić information content (AvgIpc) is 2.56. The van der Waals surface area contributed by atoms with E-state index in [0.717, 1.165) is 11.3 Å². The molecular weight excluding hydrogens is 294 g/mol. The van der Waals surface area contributed by atoms with Crippen LogP contribution in [0.5, 0.6) is 0 Å². The maximum Gasteiger partial charge on any atom is 0.239 e. The summed E-state index contributed by atoms with van der Waals surface area (Å²) < 4.78 is 5.26. The first-order valence-electron chi connectivity index (χ1n) is 7.90. The molecule has 2 rings (SSSR count). The summed E-state index contributed by atoms with van der Waals surface area (Å²) in [4.78, 5) is 28.1. The Hall–Kier alpha value is -1.92. The van der Waals surface area contributed by atoms with Crippen molar-refractivity contribution in [3.8, 4) is 0 Å². The smallest absolute Gasteiger partial charge is 0.239 e. The molecule has 1 saturated heterocycles. The number of likely N-dealkylation sites (N-methyl/N-ethyl adjacent to an activating group) is 1. The standard InChI is InChI=1S/C17H25N3O3/c1-13-4-6-15(7-5-13)18-16(21)12-19(3)14(2)17(22)20-8-10-23-11-9-20/h4-7,14H,8-12H2,1-3H3,(H,18,21). The molecule has 6 nitrogen and oxygen atoms in total. The number of rotatable bonds is 5. The number of nitrogens with zero attached hydrogens (tertiary/aromatic N) is 2. The van der Waals surface area contributed by atoms with E-state index in [0.29, 0.717) is 26.3 Å². The Balaban J connectivity index is 1.84. The lowest BCUT2D eigenvalue weighted by atomic mass is 10.2. The largest absolute Gasteiger partial charge is 0.378 e. The second-order valence-corrected chi connectivity index (χ2v) is 5.94. The molecule has 126 valence electrons. The predicted octanol–water partition coefficient (Wildman–Crippen LogP) is 1.11. The van der Waals surface area contributed by atoms with Crippen LogP contribution in [0.4, 0.5) is 5.69 Å². The lowest BCUT2D eigenvalue weighted by Gasteiger charge is -2.32. The van der Waals surface area contributed by atoms with Gasteiger partial charge in [0.15, 0.2) is 0 Å². The number of morpholine rings is 1. The van der Waals surface area contributed by atoms with Gasteiger partial charge in [-0.2, -0.15) is 0 Å². The molecule has 1 aromatic rings. The van der Waals surface area contributed by atoms with Crippen LogP contribution in [0.25, 0.3) is 0 Å². The van der Waals surface area contributed by atoms with E-state index < -0.39 is 0 Å². The van der Waals surface area contributed by atoms with E-state index in [9.17, 15) is 9.59 Å². The first-order valence-corrected chi connectivity index (χ1v) is 7.90. The molecule has 1 N–H and O–H groups in total. The van der Waals surface area contributed by atoms with Gasteiger partial charge in [-0.05, 0) is 33.0 Å². The van der Waals surface area contributed by atoms with Crippen molar-refractivity contribution in [3.63, 3.8) is 0 Å². The first kappa shape index (κ1) is 17.4. The second-order valence-electron chi connectivity index (χ2n) is 5.94. The molecule has 2 amide bonds. The van der Waals surface area contributed by atoms with Crippen LogP contribution in [0.1, 0.15) is 12.5 Å². The molecule has 23 heavy (non-hydrogen) atoms. The number of benzene rings is 1. The number of aryl methyl sites for hydroxylation is 1. The topological polar surface area (TPSA) is 61.9 Å². The predicted molar refractivity (Wildman–Crippen MR) is 89.3 cm³/mol. The number of hydrogen-bond donors (Lipinski definition) is 1. The van der Waals surface area contributed by atoms with Crippen LogP contribution in [-0.2, 0) is 14.3 Å². The molecule has 1 fully saturated rings. The van der Waals surface area contributed by atoms with Crippen LogP contribution in [0.15, 0.2) is 24.3 Å². The van der Waals surface area contributed by atoms with Gasteiger partial charge in [-0.3, -0.25) is 14.5 Å². The first-order chi connectivity index (χ1) is 11.0. The van der Waals surface area contributed by atoms with Crippen LogP contribution in [-0.4, -0.2) is 67.6 Å². The molecule has 1 aliphatic heterocycles. The van der Waals surface area contributed by atoms with Gasteiger partial charge >= 0.3 is 0 Å². The van der Waals surface area contributed by atoms with Crippen LogP contribution >= 0.6 is 0 Å². The van der Waals surface area contributed by atoms with E-state index in [4.69, 9.17) is 4.74 Å². The van der Waals surface area contributed by atoms with Crippen LogP contribution in [0.3, 0.4) is 0 Å². The quantitative estimate of drug-likeness (QED) is 0.883. The number of anilines is 1. The highest BCUT2D eigenvalue weighted by Gasteiger charge is 2.26. The van der Waals surface area contributed by atoms with Crippen LogP contribution < -0.4 is 5.32 Å². The van der Waals surface area contributed by atoms with Crippen LogP contribution in [0, 0.1) is 6.92 Å². The summed E-state index contributed by atoms with van der Waals surface area (Å²) in [5, 5.41) is 2.85. The zero-order valence-corrected chi connectivity index (χ0v) is 14.0. The Bertz CT molecular complexity index is 539. The van der Waals surface area contributed by atoms with Crippen molar-refractivity contribution in [1.29, 1.82) is 0 Å². The normalized spacial score (nSPS) is 16.3. The minimum absolute atomic E-state index is 0.0407. The molecule has 1 unspecified atom stereocenters. The Morgan fingerprint density at radius 2 is 1.87 bits per heavy atom. The number of hydrogen-bond acceptors (Lipinski definition) is 4. The SMILES string of the molecule is Cc1ccc(NC(=O)CN(C)C(C)C(=O)N2CCOCC2)cc1. The summed E-state index contributed by atoms with van der Waals surface area (Å²) in [7, 11) is 1.79. The highest BCUT2D eigenvalue weighted by Crippen LogP contribution is 2.09. The lowest BCUT2D eigenvalue weighted by Crippen LogP contribution is -2.50. The summed E-state index contributed by atoms with van der Waals surface area (Å²) in [6, 6.07) is 7.30. The van der Waals surface area contributed by atoms with Crippen molar-refractivity contribution in [1.82, 2.24) is 9.80 Å². The summed E-state index contributed by atoms with van der Waals surface area (Å²) in [6.07, 6.45) is 0. The number of nitrogens with one attached hydrogen (secondary N) is 1. The molecule has 0 aliphatic carbocycles. The van der Waals surface area contributed by atoms with Gasteiger partial charge in [0.25, 0.3) is 0 Å². The van der Waals surface area contributed by atoms with Gasteiger partial charge in [0.1, 0.15) is 0 Å². The molecule has 1 heterocycles. The Kier molecular flexibility index (Phi) is 6.12. The zero-order chi connectivity index (χ0) is 16.8. The van der Waals surface area contributed by atoms with Crippen molar-refractivity contribution >= 4 is 17.5 Å². The van der Waals surface area contributed by atoms with E-state index in [-0.39, 0.29) is 24.4 Å². The second kappa shape index (κ2) is 8.08. The van der Waals surface area contributed by atoms with Crippen LogP contribution in [0.2, 0.25) is 0 Å². The molecule has 1 aliphatic rings. The molecule has 0 bridgehead atoms. The Morgan fingerprint density at radius 1 is 1.26 bits per heavy atom. The zero-order valence-electron chi connectivity index (χ0n) is 14.0. The highest BCUT2D eigenvalue weighted by atomic mass is 16.5. The lowest BCUT2D eigenvalue weighted by molar-refractivity contribution is -0.140. The average molecular weight is 319 g/mol. The maximum absolute atomic E-state index is 12.4. The molecule has 0 aromatic heterocycles. The fraction of sp³-hybridized carbons (Fsp3) is 0.529. The molecule has 1 aromatic carbocycles.